The molecular weight excluding hydrogens is 242 g/mol. The highest BCUT2D eigenvalue weighted by molar-refractivity contribution is 5.98. The van der Waals surface area contributed by atoms with Gasteiger partial charge in [0.15, 0.2) is 5.76 Å². The molecule has 1 aromatic heterocycles. The van der Waals surface area contributed by atoms with E-state index in [9.17, 15) is 9.90 Å². The second-order valence-electron chi connectivity index (χ2n) is 5.17. The molecule has 100 valence electrons. The van der Waals surface area contributed by atoms with Gasteiger partial charge in [0.2, 0.25) is 0 Å². The first-order chi connectivity index (χ1) is 9.16. The lowest BCUT2D eigenvalue weighted by molar-refractivity contribution is 0.0876. The van der Waals surface area contributed by atoms with E-state index < -0.39 is 6.10 Å². The molecule has 0 saturated heterocycles. The van der Waals surface area contributed by atoms with E-state index in [1.165, 1.54) is 0 Å². The molecule has 2 aromatic rings. The molecule has 3 rings (SSSR count). The van der Waals surface area contributed by atoms with Crippen molar-refractivity contribution in [1.29, 1.82) is 0 Å². The number of furan rings is 1. The fourth-order valence-corrected chi connectivity index (χ4v) is 2.32. The number of carbonyl (C=O) groups is 1. The molecule has 1 amide bonds. The zero-order chi connectivity index (χ0) is 13.4. The standard InChI is InChI=1S/C15H17NO3/c1-9-11-4-2-3-5-13(11)19-14(9)15(18)16-8-12(17)10-6-7-10/h2-5,10,12,17H,6-8H2,1H3,(H,16,18). The second-order valence-corrected chi connectivity index (χ2v) is 5.17. The molecule has 1 aliphatic rings. The smallest absolute Gasteiger partial charge is 0.287 e. The highest BCUT2D eigenvalue weighted by Gasteiger charge is 2.30. The second kappa shape index (κ2) is 4.70. The van der Waals surface area contributed by atoms with Crippen molar-refractivity contribution >= 4 is 16.9 Å². The number of aryl methyl sites for hydroxylation is 1. The molecule has 1 aliphatic carbocycles. The molecular formula is C15H17NO3. The summed E-state index contributed by atoms with van der Waals surface area (Å²) in [4.78, 5) is 12.1. The van der Waals surface area contributed by atoms with Gasteiger partial charge < -0.3 is 14.8 Å². The predicted molar refractivity (Wildman–Crippen MR) is 72.0 cm³/mol. The summed E-state index contributed by atoms with van der Waals surface area (Å²) in [7, 11) is 0. The van der Waals surface area contributed by atoms with Crippen molar-refractivity contribution in [3.05, 3.63) is 35.6 Å². The van der Waals surface area contributed by atoms with Gasteiger partial charge in [0.1, 0.15) is 5.58 Å². The molecule has 4 heteroatoms. The van der Waals surface area contributed by atoms with Gasteiger partial charge in [0, 0.05) is 17.5 Å². The van der Waals surface area contributed by atoms with Crippen LogP contribution in [0.1, 0.15) is 29.0 Å². The summed E-state index contributed by atoms with van der Waals surface area (Å²) in [5.74, 6) is 0.440. The number of benzene rings is 1. The molecule has 2 N–H and O–H groups in total. The summed E-state index contributed by atoms with van der Waals surface area (Å²) in [6.07, 6.45) is 1.68. The number of hydrogen-bond acceptors (Lipinski definition) is 3. The number of para-hydroxylation sites is 1. The van der Waals surface area contributed by atoms with Crippen molar-refractivity contribution in [3.8, 4) is 0 Å². The number of aliphatic hydroxyl groups excluding tert-OH is 1. The largest absolute Gasteiger partial charge is 0.451 e. The number of rotatable bonds is 4. The van der Waals surface area contributed by atoms with E-state index in [2.05, 4.69) is 5.32 Å². The Hall–Kier alpha value is -1.81. The molecule has 0 aliphatic heterocycles. The molecule has 1 atom stereocenters. The third-order valence-corrected chi connectivity index (χ3v) is 3.69. The lowest BCUT2D eigenvalue weighted by Gasteiger charge is -2.09. The van der Waals surface area contributed by atoms with Crippen LogP contribution in [0, 0.1) is 12.8 Å². The molecule has 1 heterocycles. The number of hydrogen-bond donors (Lipinski definition) is 2. The van der Waals surface area contributed by atoms with Crippen molar-refractivity contribution in [3.63, 3.8) is 0 Å². The van der Waals surface area contributed by atoms with Gasteiger partial charge in [-0.3, -0.25) is 4.79 Å². The Bertz CT molecular complexity index is 613. The van der Waals surface area contributed by atoms with Crippen LogP contribution in [-0.2, 0) is 0 Å². The zero-order valence-corrected chi connectivity index (χ0v) is 10.8. The lowest BCUT2D eigenvalue weighted by Crippen LogP contribution is -2.33. The van der Waals surface area contributed by atoms with Crippen LogP contribution in [0.5, 0.6) is 0 Å². The van der Waals surface area contributed by atoms with E-state index in [0.29, 0.717) is 23.8 Å². The number of aliphatic hydroxyl groups is 1. The molecule has 0 radical (unpaired) electrons. The van der Waals surface area contributed by atoms with Gasteiger partial charge in [-0.2, -0.15) is 0 Å². The number of fused-ring (bicyclic) bond motifs is 1. The molecule has 19 heavy (non-hydrogen) atoms. The van der Waals surface area contributed by atoms with Crippen LogP contribution in [0.25, 0.3) is 11.0 Å². The summed E-state index contributed by atoms with van der Waals surface area (Å²) in [6, 6.07) is 7.58. The Kier molecular flexibility index (Phi) is 3.03. The minimum Gasteiger partial charge on any atom is -0.451 e. The van der Waals surface area contributed by atoms with Gasteiger partial charge in [-0.15, -0.1) is 0 Å². The van der Waals surface area contributed by atoms with Crippen LogP contribution >= 0.6 is 0 Å². The molecule has 0 spiro atoms. The van der Waals surface area contributed by atoms with Crippen LogP contribution < -0.4 is 5.32 Å². The van der Waals surface area contributed by atoms with Crippen LogP contribution in [0.2, 0.25) is 0 Å². The van der Waals surface area contributed by atoms with E-state index in [0.717, 1.165) is 23.8 Å². The zero-order valence-electron chi connectivity index (χ0n) is 10.8. The summed E-state index contributed by atoms with van der Waals surface area (Å²) >= 11 is 0. The maximum atomic E-state index is 12.1. The van der Waals surface area contributed by atoms with Crippen LogP contribution in [0.3, 0.4) is 0 Å². The third-order valence-electron chi connectivity index (χ3n) is 3.69. The fraction of sp³-hybridized carbons (Fsp3) is 0.400. The molecule has 1 unspecified atom stereocenters. The minimum atomic E-state index is -0.436. The monoisotopic (exact) mass is 259 g/mol. The van der Waals surface area contributed by atoms with Gasteiger partial charge in [0.05, 0.1) is 6.10 Å². The van der Waals surface area contributed by atoms with Crippen molar-refractivity contribution in [2.45, 2.75) is 25.9 Å². The Morgan fingerprint density at radius 3 is 2.89 bits per heavy atom. The van der Waals surface area contributed by atoms with Gasteiger partial charge >= 0.3 is 0 Å². The van der Waals surface area contributed by atoms with Crippen LogP contribution in [0.4, 0.5) is 0 Å². The van der Waals surface area contributed by atoms with Crippen molar-refractivity contribution in [1.82, 2.24) is 5.32 Å². The average Bonchev–Trinajstić information content (AvgIpc) is 3.21. The number of amides is 1. The minimum absolute atomic E-state index is 0.256. The van der Waals surface area contributed by atoms with Crippen molar-refractivity contribution < 1.29 is 14.3 Å². The van der Waals surface area contributed by atoms with Gasteiger partial charge in [0.25, 0.3) is 5.91 Å². The topological polar surface area (TPSA) is 62.5 Å². The van der Waals surface area contributed by atoms with Gasteiger partial charge in [-0.1, -0.05) is 18.2 Å². The fourth-order valence-electron chi connectivity index (χ4n) is 2.32. The van der Waals surface area contributed by atoms with Crippen LogP contribution in [0.15, 0.2) is 28.7 Å². The maximum absolute atomic E-state index is 12.1. The van der Waals surface area contributed by atoms with E-state index in [1.807, 2.05) is 31.2 Å². The maximum Gasteiger partial charge on any atom is 0.287 e. The Labute approximate surface area is 111 Å². The quantitative estimate of drug-likeness (QED) is 0.885. The van der Waals surface area contributed by atoms with Crippen molar-refractivity contribution in [2.24, 2.45) is 5.92 Å². The van der Waals surface area contributed by atoms with Gasteiger partial charge in [-0.05, 0) is 31.7 Å². The van der Waals surface area contributed by atoms with E-state index in [-0.39, 0.29) is 5.91 Å². The Morgan fingerprint density at radius 1 is 1.47 bits per heavy atom. The Morgan fingerprint density at radius 2 is 2.21 bits per heavy atom. The van der Waals surface area contributed by atoms with Gasteiger partial charge in [-0.25, -0.2) is 0 Å². The third kappa shape index (κ3) is 2.36. The predicted octanol–water partition coefficient (Wildman–Crippen LogP) is 2.24. The summed E-state index contributed by atoms with van der Waals surface area (Å²) in [6.45, 7) is 2.16. The summed E-state index contributed by atoms with van der Waals surface area (Å²) in [5, 5.41) is 13.4. The number of carbonyl (C=O) groups excluding carboxylic acids is 1. The average molecular weight is 259 g/mol. The molecule has 1 saturated carbocycles. The van der Waals surface area contributed by atoms with Crippen LogP contribution in [-0.4, -0.2) is 23.7 Å². The molecule has 1 fully saturated rings. The molecule has 4 nitrogen and oxygen atoms in total. The van der Waals surface area contributed by atoms with Crippen molar-refractivity contribution in [2.75, 3.05) is 6.54 Å². The summed E-state index contributed by atoms with van der Waals surface area (Å²) in [5.41, 5.74) is 1.56. The lowest BCUT2D eigenvalue weighted by atomic mass is 10.1. The molecule has 0 bridgehead atoms. The Balaban J connectivity index is 1.75. The first-order valence-electron chi connectivity index (χ1n) is 6.61. The van der Waals surface area contributed by atoms with E-state index >= 15 is 0 Å². The van der Waals surface area contributed by atoms with E-state index in [4.69, 9.17) is 4.42 Å². The normalized spacial score (nSPS) is 16.5. The highest BCUT2D eigenvalue weighted by atomic mass is 16.3. The highest BCUT2D eigenvalue weighted by Crippen LogP contribution is 2.32. The summed E-state index contributed by atoms with van der Waals surface area (Å²) < 4.78 is 5.58. The number of nitrogens with one attached hydrogen (secondary N) is 1. The molecule has 1 aromatic carbocycles. The first kappa shape index (κ1) is 12.2. The SMILES string of the molecule is Cc1c(C(=O)NCC(O)C2CC2)oc2ccccc12. The first-order valence-corrected chi connectivity index (χ1v) is 6.61. The van der Waals surface area contributed by atoms with E-state index in [1.54, 1.807) is 0 Å².